The topological polar surface area (TPSA) is 92.2 Å². The number of carbonyl (C=O) groups is 2. The summed E-state index contributed by atoms with van der Waals surface area (Å²) in [6.45, 7) is 9.33. The van der Waals surface area contributed by atoms with Gasteiger partial charge >= 0.3 is 0 Å². The first-order valence-corrected chi connectivity index (χ1v) is 7.21. The molecule has 0 aromatic carbocycles. The largest absolute Gasteiger partial charge is 0.354 e. The third-order valence-corrected chi connectivity index (χ3v) is 2.99. The molecule has 1 aromatic heterocycles. The fraction of sp³-hybridized carbons (Fsp3) is 0.692. The Bertz CT molecular complexity index is 455. The second-order valence-electron chi connectivity index (χ2n) is 4.67. The van der Waals surface area contributed by atoms with Crippen LogP contribution in [0.1, 0.15) is 27.2 Å². The zero-order valence-electron chi connectivity index (χ0n) is 12.9. The molecule has 0 bridgehead atoms. The van der Waals surface area contributed by atoms with Gasteiger partial charge < -0.3 is 15.5 Å². The molecule has 0 radical (unpaired) electrons. The molecule has 1 rings (SSSR count). The smallest absolute Gasteiger partial charge is 0.243 e. The first kappa shape index (κ1) is 17.1. The first-order chi connectivity index (χ1) is 10.0. The maximum Gasteiger partial charge on any atom is 0.243 e. The van der Waals surface area contributed by atoms with Gasteiger partial charge in [-0.1, -0.05) is 13.8 Å². The van der Waals surface area contributed by atoms with Crippen molar-refractivity contribution in [3.05, 3.63) is 6.20 Å². The van der Waals surface area contributed by atoms with Crippen LogP contribution in [0.2, 0.25) is 0 Å². The summed E-state index contributed by atoms with van der Waals surface area (Å²) < 4.78 is 0. The van der Waals surface area contributed by atoms with E-state index in [4.69, 9.17) is 0 Å². The molecule has 0 saturated heterocycles. The minimum absolute atomic E-state index is 0.0465. The highest BCUT2D eigenvalue weighted by Crippen LogP contribution is 1.98. The van der Waals surface area contributed by atoms with Crippen LogP contribution in [0, 0.1) is 0 Å². The van der Waals surface area contributed by atoms with E-state index in [0.717, 1.165) is 26.1 Å². The Labute approximate surface area is 124 Å². The zero-order chi connectivity index (χ0) is 15.7. The van der Waals surface area contributed by atoms with E-state index in [9.17, 15) is 9.59 Å². The molecule has 0 aliphatic carbocycles. The number of rotatable bonds is 9. The summed E-state index contributed by atoms with van der Waals surface area (Å²) >= 11 is 0. The van der Waals surface area contributed by atoms with Gasteiger partial charge in [0.05, 0.1) is 6.20 Å². The maximum atomic E-state index is 11.7. The molecule has 8 nitrogen and oxygen atoms in total. The average molecular weight is 296 g/mol. The van der Waals surface area contributed by atoms with Crippen LogP contribution in [-0.4, -0.2) is 57.9 Å². The molecule has 21 heavy (non-hydrogen) atoms. The number of hydrogen-bond acceptors (Lipinski definition) is 5. The lowest BCUT2D eigenvalue weighted by atomic mass is 10.3. The van der Waals surface area contributed by atoms with E-state index in [1.54, 1.807) is 0 Å². The van der Waals surface area contributed by atoms with Gasteiger partial charge in [-0.2, -0.15) is 9.90 Å². The Morgan fingerprint density at radius 3 is 2.67 bits per heavy atom. The van der Waals surface area contributed by atoms with Crippen LogP contribution in [0.4, 0.5) is 5.82 Å². The number of anilines is 1. The quantitative estimate of drug-likeness (QED) is 0.630. The van der Waals surface area contributed by atoms with Crippen molar-refractivity contribution in [2.75, 3.05) is 31.5 Å². The van der Waals surface area contributed by atoms with E-state index in [-0.39, 0.29) is 18.4 Å². The van der Waals surface area contributed by atoms with Crippen molar-refractivity contribution >= 4 is 17.6 Å². The number of hydrogen-bond donors (Lipinski definition) is 2. The molecule has 1 heterocycles. The van der Waals surface area contributed by atoms with Gasteiger partial charge in [0.2, 0.25) is 11.8 Å². The van der Waals surface area contributed by atoms with Crippen molar-refractivity contribution in [3.63, 3.8) is 0 Å². The van der Waals surface area contributed by atoms with E-state index in [0.29, 0.717) is 12.4 Å². The number of aromatic nitrogens is 3. The summed E-state index contributed by atoms with van der Waals surface area (Å²) in [5.74, 6) is -0.0146. The molecule has 118 valence electrons. The van der Waals surface area contributed by atoms with Crippen LogP contribution in [0.3, 0.4) is 0 Å². The van der Waals surface area contributed by atoms with Gasteiger partial charge in [-0.05, 0) is 26.1 Å². The zero-order valence-corrected chi connectivity index (χ0v) is 12.9. The molecular weight excluding hydrogens is 272 g/mol. The Balaban J connectivity index is 2.24. The van der Waals surface area contributed by atoms with Crippen LogP contribution in [0.5, 0.6) is 0 Å². The lowest BCUT2D eigenvalue weighted by Crippen LogP contribution is -2.32. The standard InChI is InChI=1S/C13H24N6O2/c1-4-18(5-2)8-6-7-14-13(21)10-19-15-9-12(17-19)16-11(3)20/h9H,4-8,10H2,1-3H3,(H,14,21)(H,16,17,20). The van der Waals surface area contributed by atoms with Gasteiger partial charge in [0, 0.05) is 13.5 Å². The molecule has 2 amide bonds. The van der Waals surface area contributed by atoms with Crippen molar-refractivity contribution in [3.8, 4) is 0 Å². The van der Waals surface area contributed by atoms with Gasteiger partial charge in [-0.15, -0.1) is 5.10 Å². The summed E-state index contributed by atoms with van der Waals surface area (Å²) in [6, 6.07) is 0. The minimum Gasteiger partial charge on any atom is -0.354 e. The van der Waals surface area contributed by atoms with Crippen LogP contribution in [-0.2, 0) is 16.1 Å². The molecule has 0 unspecified atom stereocenters. The van der Waals surface area contributed by atoms with Crippen molar-refractivity contribution < 1.29 is 9.59 Å². The predicted molar refractivity (Wildman–Crippen MR) is 79.7 cm³/mol. The SMILES string of the molecule is CCN(CC)CCCNC(=O)Cn1ncc(NC(C)=O)n1. The molecule has 0 aliphatic rings. The van der Waals surface area contributed by atoms with E-state index in [1.807, 2.05) is 0 Å². The fourth-order valence-electron chi connectivity index (χ4n) is 1.87. The van der Waals surface area contributed by atoms with Gasteiger partial charge in [0.1, 0.15) is 6.54 Å². The lowest BCUT2D eigenvalue weighted by molar-refractivity contribution is -0.122. The summed E-state index contributed by atoms with van der Waals surface area (Å²) in [7, 11) is 0. The molecule has 0 saturated carbocycles. The monoisotopic (exact) mass is 296 g/mol. The molecule has 0 spiro atoms. The normalized spacial score (nSPS) is 10.7. The summed E-state index contributed by atoms with van der Waals surface area (Å²) in [6.07, 6.45) is 2.33. The van der Waals surface area contributed by atoms with Gasteiger partial charge in [0.15, 0.2) is 5.82 Å². The number of nitrogens with one attached hydrogen (secondary N) is 2. The number of carbonyl (C=O) groups excluding carboxylic acids is 2. The van der Waals surface area contributed by atoms with Crippen molar-refractivity contribution in [1.29, 1.82) is 0 Å². The lowest BCUT2D eigenvalue weighted by Gasteiger charge is -2.17. The van der Waals surface area contributed by atoms with Crippen LogP contribution < -0.4 is 10.6 Å². The summed E-state index contributed by atoms with van der Waals surface area (Å²) in [5, 5.41) is 13.2. The third-order valence-electron chi connectivity index (χ3n) is 2.99. The van der Waals surface area contributed by atoms with Crippen LogP contribution >= 0.6 is 0 Å². The minimum atomic E-state index is -0.220. The molecule has 2 N–H and O–H groups in total. The van der Waals surface area contributed by atoms with Crippen LogP contribution in [0.15, 0.2) is 6.20 Å². The fourth-order valence-corrected chi connectivity index (χ4v) is 1.87. The van der Waals surface area contributed by atoms with E-state index in [1.165, 1.54) is 17.9 Å². The van der Waals surface area contributed by atoms with Gasteiger partial charge in [-0.3, -0.25) is 9.59 Å². The third kappa shape index (κ3) is 6.84. The summed E-state index contributed by atoms with van der Waals surface area (Å²) in [5.41, 5.74) is 0. The Morgan fingerprint density at radius 1 is 1.33 bits per heavy atom. The highest BCUT2D eigenvalue weighted by Gasteiger charge is 2.07. The maximum absolute atomic E-state index is 11.7. The van der Waals surface area contributed by atoms with Crippen LogP contribution in [0.25, 0.3) is 0 Å². The second-order valence-corrected chi connectivity index (χ2v) is 4.67. The highest BCUT2D eigenvalue weighted by molar-refractivity contribution is 5.87. The van der Waals surface area contributed by atoms with E-state index < -0.39 is 0 Å². The van der Waals surface area contributed by atoms with Gasteiger partial charge in [0.25, 0.3) is 0 Å². The van der Waals surface area contributed by atoms with Crippen molar-refractivity contribution in [2.24, 2.45) is 0 Å². The van der Waals surface area contributed by atoms with Crippen molar-refractivity contribution in [2.45, 2.75) is 33.7 Å². The Morgan fingerprint density at radius 2 is 2.05 bits per heavy atom. The summed E-state index contributed by atoms with van der Waals surface area (Å²) in [4.78, 5) is 26.1. The van der Waals surface area contributed by atoms with E-state index in [2.05, 4.69) is 39.6 Å². The second kappa shape index (κ2) is 9.06. The van der Waals surface area contributed by atoms with E-state index >= 15 is 0 Å². The predicted octanol–water partition coefficient (Wildman–Crippen LogP) is 0.0846. The molecular formula is C13H24N6O2. The highest BCUT2D eigenvalue weighted by atomic mass is 16.2. The first-order valence-electron chi connectivity index (χ1n) is 7.21. The van der Waals surface area contributed by atoms with Gasteiger partial charge in [-0.25, -0.2) is 0 Å². The Hall–Kier alpha value is -1.96. The number of nitrogens with zero attached hydrogens (tertiary/aromatic N) is 4. The molecule has 0 aliphatic heterocycles. The molecule has 0 atom stereocenters. The van der Waals surface area contributed by atoms with Crippen molar-refractivity contribution in [1.82, 2.24) is 25.2 Å². The molecule has 8 heteroatoms. The average Bonchev–Trinajstić information content (AvgIpc) is 2.85. The molecule has 1 aromatic rings. The molecule has 0 fully saturated rings. The number of amides is 2. The Kier molecular flexibility index (Phi) is 7.38.